The van der Waals surface area contributed by atoms with Crippen molar-refractivity contribution in [1.29, 1.82) is 0 Å². The monoisotopic (exact) mass is 220 g/mol. The van der Waals surface area contributed by atoms with Crippen molar-refractivity contribution >= 4 is 11.6 Å². The molecule has 76 valence electrons. The van der Waals surface area contributed by atoms with Crippen LogP contribution in [0.15, 0.2) is 48.5 Å². The minimum atomic E-state index is -0.446. The van der Waals surface area contributed by atoms with E-state index in [1.54, 1.807) is 6.07 Å². The van der Waals surface area contributed by atoms with Gasteiger partial charge in [0.25, 0.3) is 0 Å². The smallest absolute Gasteiger partial charge is 0.115 e. The summed E-state index contributed by atoms with van der Waals surface area (Å²) in [5, 5.41) is 0.691. The second-order valence-electron chi connectivity index (χ2n) is 3.30. The highest BCUT2D eigenvalue weighted by molar-refractivity contribution is 6.30. The first-order chi connectivity index (χ1) is 7.31. The molecule has 0 unspecified atom stereocenters. The van der Waals surface area contributed by atoms with Crippen molar-refractivity contribution in [1.82, 2.24) is 0 Å². The van der Waals surface area contributed by atoms with E-state index in [0.29, 0.717) is 10.6 Å². The molecule has 0 saturated heterocycles. The molecular formula is C13H10ClF. The number of hydrogen-bond donors (Lipinski definition) is 0. The third-order valence-corrected chi connectivity index (χ3v) is 2.57. The van der Waals surface area contributed by atoms with Crippen LogP contribution in [0.3, 0.4) is 0 Å². The number of hydrogen-bond acceptors (Lipinski definition) is 0. The zero-order chi connectivity index (χ0) is 10.7. The van der Waals surface area contributed by atoms with E-state index in [-0.39, 0.29) is 0 Å². The molecule has 0 nitrogen and oxygen atoms in total. The fourth-order valence-corrected chi connectivity index (χ4v) is 1.67. The summed E-state index contributed by atoms with van der Waals surface area (Å²) >= 11 is 5.80. The zero-order valence-electron chi connectivity index (χ0n) is 8.08. The summed E-state index contributed by atoms with van der Waals surface area (Å²) in [6.45, 7) is -0.446. The third-order valence-electron chi connectivity index (χ3n) is 2.32. The minimum absolute atomic E-state index is 0.446. The van der Waals surface area contributed by atoms with Crippen molar-refractivity contribution in [2.24, 2.45) is 0 Å². The second-order valence-corrected chi connectivity index (χ2v) is 3.73. The van der Waals surface area contributed by atoms with Crippen LogP contribution >= 0.6 is 11.6 Å². The van der Waals surface area contributed by atoms with Gasteiger partial charge in [0.15, 0.2) is 0 Å². The van der Waals surface area contributed by atoms with Crippen molar-refractivity contribution < 1.29 is 4.39 Å². The molecule has 0 aromatic heterocycles. The zero-order valence-corrected chi connectivity index (χ0v) is 8.84. The maximum atomic E-state index is 12.7. The molecule has 2 heteroatoms. The van der Waals surface area contributed by atoms with E-state index in [2.05, 4.69) is 0 Å². The van der Waals surface area contributed by atoms with E-state index in [0.717, 1.165) is 11.1 Å². The van der Waals surface area contributed by atoms with E-state index in [1.807, 2.05) is 42.5 Å². The molecule has 0 amide bonds. The Bertz CT molecular complexity index is 448. The lowest BCUT2D eigenvalue weighted by Gasteiger charge is -2.06. The van der Waals surface area contributed by atoms with Gasteiger partial charge in [-0.3, -0.25) is 0 Å². The van der Waals surface area contributed by atoms with Gasteiger partial charge < -0.3 is 0 Å². The van der Waals surface area contributed by atoms with Gasteiger partial charge in [0.05, 0.1) is 0 Å². The summed E-state index contributed by atoms with van der Waals surface area (Å²) in [7, 11) is 0. The summed E-state index contributed by atoms with van der Waals surface area (Å²) in [5.74, 6) is 0. The highest BCUT2D eigenvalue weighted by Crippen LogP contribution is 2.25. The van der Waals surface area contributed by atoms with Crippen LogP contribution in [-0.4, -0.2) is 0 Å². The van der Waals surface area contributed by atoms with E-state index >= 15 is 0 Å². The van der Waals surface area contributed by atoms with E-state index in [1.165, 1.54) is 0 Å². The average Bonchev–Trinajstić information content (AvgIpc) is 2.30. The van der Waals surface area contributed by atoms with Gasteiger partial charge in [-0.15, -0.1) is 0 Å². The summed E-state index contributed by atoms with van der Waals surface area (Å²) in [5.41, 5.74) is 2.63. The Morgan fingerprint density at radius 2 is 1.60 bits per heavy atom. The average molecular weight is 221 g/mol. The van der Waals surface area contributed by atoms with Crippen molar-refractivity contribution in [3.8, 4) is 11.1 Å². The largest absolute Gasteiger partial charge is 0.246 e. The Labute approximate surface area is 93.3 Å². The lowest BCUT2D eigenvalue weighted by atomic mass is 10.0. The molecule has 0 aliphatic carbocycles. The lowest BCUT2D eigenvalue weighted by molar-refractivity contribution is 0.486. The molecule has 0 N–H and O–H groups in total. The fourth-order valence-electron chi connectivity index (χ4n) is 1.55. The number of halogens is 2. The lowest BCUT2D eigenvalue weighted by Crippen LogP contribution is -1.85. The molecule has 0 radical (unpaired) electrons. The molecule has 15 heavy (non-hydrogen) atoms. The Kier molecular flexibility index (Phi) is 3.02. The highest BCUT2D eigenvalue weighted by atomic mass is 35.5. The number of alkyl halides is 1. The second kappa shape index (κ2) is 4.45. The standard InChI is InChI=1S/C13H10ClF/c14-12-7-5-10(6-8-12)13-4-2-1-3-11(13)9-15/h1-8H,9H2. The van der Waals surface area contributed by atoms with Crippen LogP contribution in [0.1, 0.15) is 5.56 Å². The van der Waals surface area contributed by atoms with Gasteiger partial charge in [0, 0.05) is 5.02 Å². The minimum Gasteiger partial charge on any atom is -0.246 e. The predicted octanol–water partition coefficient (Wildman–Crippen LogP) is 4.48. The summed E-state index contributed by atoms with van der Waals surface area (Å²) in [4.78, 5) is 0. The van der Waals surface area contributed by atoms with Gasteiger partial charge in [-0.05, 0) is 28.8 Å². The van der Waals surface area contributed by atoms with Crippen LogP contribution in [0.25, 0.3) is 11.1 Å². The van der Waals surface area contributed by atoms with Gasteiger partial charge in [-0.2, -0.15) is 0 Å². The Morgan fingerprint density at radius 1 is 0.933 bits per heavy atom. The fraction of sp³-hybridized carbons (Fsp3) is 0.0769. The third kappa shape index (κ3) is 2.18. The summed E-state index contributed by atoms with van der Waals surface area (Å²) in [6.07, 6.45) is 0. The van der Waals surface area contributed by atoms with Gasteiger partial charge in [-0.25, -0.2) is 4.39 Å². The molecule has 2 rings (SSSR count). The molecule has 0 saturated carbocycles. The Morgan fingerprint density at radius 3 is 2.27 bits per heavy atom. The van der Waals surface area contributed by atoms with Crippen LogP contribution < -0.4 is 0 Å². The first-order valence-electron chi connectivity index (χ1n) is 4.71. The van der Waals surface area contributed by atoms with Crippen molar-refractivity contribution in [3.63, 3.8) is 0 Å². The highest BCUT2D eigenvalue weighted by Gasteiger charge is 2.03. The number of rotatable bonds is 2. The number of benzene rings is 2. The van der Waals surface area contributed by atoms with Crippen LogP contribution in [0.2, 0.25) is 5.02 Å². The molecular weight excluding hydrogens is 211 g/mol. The quantitative estimate of drug-likeness (QED) is 0.700. The van der Waals surface area contributed by atoms with Gasteiger partial charge in [-0.1, -0.05) is 48.0 Å². The maximum absolute atomic E-state index is 12.7. The van der Waals surface area contributed by atoms with E-state index < -0.39 is 6.67 Å². The van der Waals surface area contributed by atoms with Crippen molar-refractivity contribution in [2.45, 2.75) is 6.67 Å². The van der Waals surface area contributed by atoms with Crippen molar-refractivity contribution in [2.75, 3.05) is 0 Å². The molecule has 0 spiro atoms. The van der Waals surface area contributed by atoms with Crippen molar-refractivity contribution in [3.05, 3.63) is 59.1 Å². The van der Waals surface area contributed by atoms with Crippen LogP contribution in [-0.2, 0) is 6.67 Å². The summed E-state index contributed by atoms with van der Waals surface area (Å²) in [6, 6.07) is 14.9. The van der Waals surface area contributed by atoms with Crippen LogP contribution in [0.4, 0.5) is 4.39 Å². The van der Waals surface area contributed by atoms with Gasteiger partial charge in [0.1, 0.15) is 6.67 Å². The first kappa shape index (κ1) is 10.2. The normalized spacial score (nSPS) is 10.3. The molecule has 0 atom stereocenters. The molecule has 0 heterocycles. The molecule has 0 aliphatic rings. The van der Waals surface area contributed by atoms with E-state index in [4.69, 9.17) is 11.6 Å². The molecule has 0 bridgehead atoms. The maximum Gasteiger partial charge on any atom is 0.115 e. The predicted molar refractivity (Wildman–Crippen MR) is 61.7 cm³/mol. The Balaban J connectivity index is 2.49. The Hall–Kier alpha value is -1.34. The van der Waals surface area contributed by atoms with Crippen LogP contribution in [0, 0.1) is 0 Å². The van der Waals surface area contributed by atoms with Gasteiger partial charge in [0.2, 0.25) is 0 Å². The first-order valence-corrected chi connectivity index (χ1v) is 5.09. The topological polar surface area (TPSA) is 0 Å². The molecule has 0 fully saturated rings. The van der Waals surface area contributed by atoms with Gasteiger partial charge >= 0.3 is 0 Å². The molecule has 0 aliphatic heterocycles. The molecule has 2 aromatic carbocycles. The van der Waals surface area contributed by atoms with Crippen LogP contribution in [0.5, 0.6) is 0 Å². The SMILES string of the molecule is FCc1ccccc1-c1ccc(Cl)cc1. The molecule has 2 aromatic rings. The van der Waals surface area contributed by atoms with E-state index in [9.17, 15) is 4.39 Å². The summed E-state index contributed by atoms with van der Waals surface area (Å²) < 4.78 is 12.7.